The Morgan fingerprint density at radius 1 is 1.10 bits per heavy atom. The van der Waals surface area contributed by atoms with Crippen LogP contribution >= 0.6 is 11.6 Å². The van der Waals surface area contributed by atoms with Crippen LogP contribution in [0.5, 0.6) is 0 Å². The first-order valence-electron chi connectivity index (χ1n) is 6.24. The van der Waals surface area contributed by atoms with E-state index in [0.717, 1.165) is 16.3 Å². The standard InChI is InChI=1S/C16H12ClFN2/c17-15-7-13(18)5-6-16(15)20-10-12-9-19-8-11-3-1-2-4-14(11)12/h1-9,20H,10H2. The molecule has 0 spiro atoms. The van der Waals surface area contributed by atoms with Crippen LogP contribution in [0.3, 0.4) is 0 Å². The molecular weight excluding hydrogens is 275 g/mol. The summed E-state index contributed by atoms with van der Waals surface area (Å²) in [6.45, 7) is 0.583. The zero-order chi connectivity index (χ0) is 13.9. The molecule has 0 bridgehead atoms. The average molecular weight is 287 g/mol. The number of halogens is 2. The van der Waals surface area contributed by atoms with Crippen molar-refractivity contribution >= 4 is 28.1 Å². The summed E-state index contributed by atoms with van der Waals surface area (Å²) in [5, 5.41) is 5.82. The lowest BCUT2D eigenvalue weighted by Gasteiger charge is -2.10. The molecule has 0 aliphatic rings. The molecule has 0 amide bonds. The molecule has 100 valence electrons. The first kappa shape index (κ1) is 12.9. The van der Waals surface area contributed by atoms with Gasteiger partial charge in [0.2, 0.25) is 0 Å². The Kier molecular flexibility index (Phi) is 3.52. The molecule has 2 aromatic carbocycles. The summed E-state index contributed by atoms with van der Waals surface area (Å²) in [6, 6.07) is 12.4. The number of fused-ring (bicyclic) bond motifs is 1. The van der Waals surface area contributed by atoms with Gasteiger partial charge in [0.1, 0.15) is 5.82 Å². The highest BCUT2D eigenvalue weighted by Gasteiger charge is 2.04. The number of benzene rings is 2. The average Bonchev–Trinajstić information content (AvgIpc) is 2.46. The predicted octanol–water partition coefficient (Wildman–Crippen LogP) is 4.64. The molecule has 4 heteroatoms. The molecule has 1 N–H and O–H groups in total. The summed E-state index contributed by atoms with van der Waals surface area (Å²) in [4.78, 5) is 4.23. The summed E-state index contributed by atoms with van der Waals surface area (Å²) in [7, 11) is 0. The molecule has 0 saturated carbocycles. The van der Waals surface area contributed by atoms with E-state index in [-0.39, 0.29) is 5.82 Å². The van der Waals surface area contributed by atoms with Gasteiger partial charge in [-0.05, 0) is 29.1 Å². The van der Waals surface area contributed by atoms with Crippen LogP contribution in [-0.4, -0.2) is 4.98 Å². The number of rotatable bonds is 3. The minimum absolute atomic E-state index is 0.340. The van der Waals surface area contributed by atoms with Crippen LogP contribution in [0.2, 0.25) is 5.02 Å². The molecular formula is C16H12ClFN2. The van der Waals surface area contributed by atoms with E-state index in [1.54, 1.807) is 6.07 Å². The van der Waals surface area contributed by atoms with Crippen molar-refractivity contribution in [3.8, 4) is 0 Å². The highest BCUT2D eigenvalue weighted by Crippen LogP contribution is 2.24. The third kappa shape index (κ3) is 2.58. The second kappa shape index (κ2) is 5.47. The Hall–Kier alpha value is -2.13. The predicted molar refractivity (Wildman–Crippen MR) is 80.5 cm³/mol. The van der Waals surface area contributed by atoms with Gasteiger partial charge < -0.3 is 5.32 Å². The number of anilines is 1. The molecule has 3 rings (SSSR count). The van der Waals surface area contributed by atoms with E-state index >= 15 is 0 Å². The van der Waals surface area contributed by atoms with E-state index in [2.05, 4.69) is 16.4 Å². The minimum Gasteiger partial charge on any atom is -0.380 e. The third-order valence-corrected chi connectivity index (χ3v) is 3.46. The van der Waals surface area contributed by atoms with Crippen molar-refractivity contribution in [1.29, 1.82) is 0 Å². The maximum atomic E-state index is 13.0. The molecule has 1 aromatic heterocycles. The fourth-order valence-corrected chi connectivity index (χ4v) is 2.38. The Balaban J connectivity index is 1.87. The molecule has 20 heavy (non-hydrogen) atoms. The largest absolute Gasteiger partial charge is 0.380 e. The summed E-state index contributed by atoms with van der Waals surface area (Å²) >= 11 is 6.00. The lowest BCUT2D eigenvalue weighted by Crippen LogP contribution is -2.01. The highest BCUT2D eigenvalue weighted by molar-refractivity contribution is 6.33. The van der Waals surface area contributed by atoms with E-state index in [9.17, 15) is 4.39 Å². The quantitative estimate of drug-likeness (QED) is 0.759. The zero-order valence-corrected chi connectivity index (χ0v) is 11.4. The van der Waals surface area contributed by atoms with Gasteiger partial charge in [0.15, 0.2) is 0 Å². The number of aromatic nitrogens is 1. The van der Waals surface area contributed by atoms with Crippen LogP contribution in [-0.2, 0) is 6.54 Å². The Morgan fingerprint density at radius 3 is 2.80 bits per heavy atom. The first-order chi connectivity index (χ1) is 9.74. The van der Waals surface area contributed by atoms with Crippen molar-refractivity contribution in [1.82, 2.24) is 4.98 Å². The van der Waals surface area contributed by atoms with Gasteiger partial charge >= 0.3 is 0 Å². The molecule has 0 fully saturated rings. The van der Waals surface area contributed by atoms with Crippen molar-refractivity contribution in [2.24, 2.45) is 0 Å². The van der Waals surface area contributed by atoms with E-state index in [0.29, 0.717) is 17.3 Å². The van der Waals surface area contributed by atoms with Gasteiger partial charge in [-0.15, -0.1) is 0 Å². The Morgan fingerprint density at radius 2 is 1.95 bits per heavy atom. The number of nitrogens with zero attached hydrogens (tertiary/aromatic N) is 1. The summed E-state index contributed by atoms with van der Waals surface area (Å²) < 4.78 is 13.0. The lowest BCUT2D eigenvalue weighted by atomic mass is 10.1. The van der Waals surface area contributed by atoms with Gasteiger partial charge in [0.05, 0.1) is 10.7 Å². The van der Waals surface area contributed by atoms with Crippen molar-refractivity contribution in [3.05, 3.63) is 71.3 Å². The molecule has 1 heterocycles. The molecule has 0 atom stereocenters. The maximum absolute atomic E-state index is 13.0. The molecule has 0 aliphatic carbocycles. The fraction of sp³-hybridized carbons (Fsp3) is 0.0625. The topological polar surface area (TPSA) is 24.9 Å². The van der Waals surface area contributed by atoms with Crippen LogP contribution in [0.25, 0.3) is 10.8 Å². The summed E-state index contributed by atoms with van der Waals surface area (Å²) in [6.07, 6.45) is 3.66. The first-order valence-corrected chi connectivity index (χ1v) is 6.62. The molecule has 0 saturated heterocycles. The van der Waals surface area contributed by atoms with Crippen LogP contribution < -0.4 is 5.32 Å². The van der Waals surface area contributed by atoms with Crippen molar-refractivity contribution < 1.29 is 4.39 Å². The van der Waals surface area contributed by atoms with Crippen LogP contribution in [0.15, 0.2) is 54.9 Å². The van der Waals surface area contributed by atoms with Crippen molar-refractivity contribution in [2.75, 3.05) is 5.32 Å². The van der Waals surface area contributed by atoms with Gasteiger partial charge in [-0.3, -0.25) is 4.98 Å². The second-order valence-electron chi connectivity index (χ2n) is 4.50. The van der Waals surface area contributed by atoms with Crippen LogP contribution in [0, 0.1) is 5.82 Å². The lowest BCUT2D eigenvalue weighted by molar-refractivity contribution is 0.628. The molecule has 0 aliphatic heterocycles. The van der Waals surface area contributed by atoms with E-state index in [1.165, 1.54) is 12.1 Å². The second-order valence-corrected chi connectivity index (χ2v) is 4.90. The minimum atomic E-state index is -0.340. The third-order valence-electron chi connectivity index (χ3n) is 3.15. The number of hydrogen-bond donors (Lipinski definition) is 1. The van der Waals surface area contributed by atoms with Gasteiger partial charge in [0.25, 0.3) is 0 Å². The van der Waals surface area contributed by atoms with Gasteiger partial charge in [0, 0.05) is 24.3 Å². The van der Waals surface area contributed by atoms with Crippen LogP contribution in [0.1, 0.15) is 5.56 Å². The van der Waals surface area contributed by atoms with E-state index in [1.807, 2.05) is 30.6 Å². The smallest absolute Gasteiger partial charge is 0.124 e. The van der Waals surface area contributed by atoms with Crippen molar-refractivity contribution in [2.45, 2.75) is 6.54 Å². The molecule has 0 radical (unpaired) electrons. The van der Waals surface area contributed by atoms with Gasteiger partial charge in [-0.1, -0.05) is 35.9 Å². The normalized spacial score (nSPS) is 10.7. The zero-order valence-electron chi connectivity index (χ0n) is 10.6. The maximum Gasteiger partial charge on any atom is 0.124 e. The molecule has 2 nitrogen and oxygen atoms in total. The van der Waals surface area contributed by atoms with Crippen LogP contribution in [0.4, 0.5) is 10.1 Å². The summed E-state index contributed by atoms with van der Waals surface area (Å²) in [5.74, 6) is -0.340. The number of hydrogen-bond acceptors (Lipinski definition) is 2. The molecule has 0 unspecified atom stereocenters. The fourth-order valence-electron chi connectivity index (χ4n) is 2.14. The van der Waals surface area contributed by atoms with Gasteiger partial charge in [-0.25, -0.2) is 4.39 Å². The number of pyridine rings is 1. The Bertz CT molecular complexity index is 753. The SMILES string of the molecule is Fc1ccc(NCc2cncc3ccccc23)c(Cl)c1. The van der Waals surface area contributed by atoms with E-state index < -0.39 is 0 Å². The van der Waals surface area contributed by atoms with Crippen molar-refractivity contribution in [3.63, 3.8) is 0 Å². The highest BCUT2D eigenvalue weighted by atomic mass is 35.5. The van der Waals surface area contributed by atoms with Gasteiger partial charge in [-0.2, -0.15) is 0 Å². The summed E-state index contributed by atoms with van der Waals surface area (Å²) in [5.41, 5.74) is 1.78. The monoisotopic (exact) mass is 286 g/mol. The molecule has 3 aromatic rings. The number of nitrogens with one attached hydrogen (secondary N) is 1. The van der Waals surface area contributed by atoms with E-state index in [4.69, 9.17) is 11.6 Å². The Labute approximate surface area is 121 Å².